The summed E-state index contributed by atoms with van der Waals surface area (Å²) in [6, 6.07) is 8.52. The quantitative estimate of drug-likeness (QED) is 0.697. The molecule has 142 valence electrons. The van der Waals surface area contributed by atoms with Crippen LogP contribution in [0.2, 0.25) is 5.02 Å². The van der Waals surface area contributed by atoms with Gasteiger partial charge in [-0.15, -0.1) is 0 Å². The molecule has 0 aliphatic rings. The van der Waals surface area contributed by atoms with Gasteiger partial charge in [-0.3, -0.25) is 0 Å². The van der Waals surface area contributed by atoms with Gasteiger partial charge in [0.1, 0.15) is 4.90 Å². The van der Waals surface area contributed by atoms with E-state index in [0.717, 1.165) is 10.7 Å². The largest absolute Gasteiger partial charge is 0.418 e. The predicted molar refractivity (Wildman–Crippen MR) is 95.1 cm³/mol. The minimum atomic E-state index is -4.84. The van der Waals surface area contributed by atoms with Gasteiger partial charge in [-0.25, -0.2) is 18.2 Å². The zero-order valence-corrected chi connectivity index (χ0v) is 15.4. The highest BCUT2D eigenvalue weighted by Crippen LogP contribution is 2.43. The summed E-state index contributed by atoms with van der Waals surface area (Å²) in [5, 5.41) is 9.40. The molecule has 0 saturated carbocycles. The van der Waals surface area contributed by atoms with Crippen LogP contribution < -0.4 is 5.14 Å². The second-order valence-electron chi connectivity index (χ2n) is 5.77. The van der Waals surface area contributed by atoms with E-state index in [1.54, 1.807) is 0 Å². The van der Waals surface area contributed by atoms with Gasteiger partial charge in [0.05, 0.1) is 11.3 Å². The lowest BCUT2D eigenvalue weighted by molar-refractivity contribution is -0.138. The van der Waals surface area contributed by atoms with Gasteiger partial charge in [-0.1, -0.05) is 23.7 Å². The zero-order chi connectivity index (χ0) is 20.0. The molecule has 0 aliphatic heterocycles. The number of nitrogens with zero attached hydrogens (tertiary/aromatic N) is 2. The number of hydrogen-bond donors (Lipinski definition) is 1. The first kappa shape index (κ1) is 19.4. The lowest BCUT2D eigenvalue weighted by Crippen LogP contribution is -2.21. The van der Waals surface area contributed by atoms with Gasteiger partial charge in [0.15, 0.2) is 0 Å². The van der Waals surface area contributed by atoms with Crippen LogP contribution in [0.4, 0.5) is 13.2 Å². The van der Waals surface area contributed by atoms with Crippen LogP contribution in [0.1, 0.15) is 11.1 Å². The summed E-state index contributed by atoms with van der Waals surface area (Å²) in [6.07, 6.45) is -2.37. The first-order valence-corrected chi connectivity index (χ1v) is 9.46. The molecule has 0 atom stereocenters. The summed E-state index contributed by atoms with van der Waals surface area (Å²) in [7, 11) is -4.48. The summed E-state index contributed by atoms with van der Waals surface area (Å²) < 4.78 is 66.9. The van der Waals surface area contributed by atoms with Gasteiger partial charge in [0.2, 0.25) is 10.0 Å². The summed E-state index contributed by atoms with van der Waals surface area (Å²) in [5.74, 6) is 0. The highest BCUT2D eigenvalue weighted by atomic mass is 35.5. The summed E-state index contributed by atoms with van der Waals surface area (Å²) in [6.45, 7) is 1.27. The van der Waals surface area contributed by atoms with E-state index in [4.69, 9.17) is 16.7 Å². The van der Waals surface area contributed by atoms with Crippen LogP contribution in [-0.4, -0.2) is 18.2 Å². The van der Waals surface area contributed by atoms with E-state index in [9.17, 15) is 21.6 Å². The van der Waals surface area contributed by atoms with Gasteiger partial charge < -0.3 is 0 Å². The predicted octanol–water partition coefficient (Wildman–Crippen LogP) is 4.17. The number of nitrogens with two attached hydrogens (primary N) is 1. The lowest BCUT2D eigenvalue weighted by atomic mass is 9.94. The van der Waals surface area contributed by atoms with E-state index in [1.165, 1.54) is 49.6 Å². The molecule has 2 N–H and O–H groups in total. The van der Waals surface area contributed by atoms with Gasteiger partial charge >= 0.3 is 6.18 Å². The first-order chi connectivity index (χ1) is 12.5. The number of rotatable bonds is 3. The first-order valence-electron chi connectivity index (χ1n) is 7.53. The van der Waals surface area contributed by atoms with Crippen molar-refractivity contribution in [2.24, 2.45) is 5.14 Å². The highest BCUT2D eigenvalue weighted by molar-refractivity contribution is 7.89. The van der Waals surface area contributed by atoms with Crippen molar-refractivity contribution >= 4 is 21.6 Å². The van der Waals surface area contributed by atoms with Crippen molar-refractivity contribution in [1.82, 2.24) is 9.78 Å². The van der Waals surface area contributed by atoms with Crippen molar-refractivity contribution in [3.05, 3.63) is 64.9 Å². The van der Waals surface area contributed by atoms with Gasteiger partial charge in [0, 0.05) is 17.4 Å². The van der Waals surface area contributed by atoms with Crippen molar-refractivity contribution in [3.63, 3.8) is 0 Å². The standard InChI is InChI=1S/C17H13ClF3N3O2S/c1-10-13(11-3-5-12(18)6-4-11)9-14(27(22,25)26)16(15(10)17(19,20)21)24-8-2-7-23-24/h2-9H,1H3,(H2,22,25,26). The van der Waals surface area contributed by atoms with Crippen LogP contribution >= 0.6 is 11.6 Å². The summed E-state index contributed by atoms with van der Waals surface area (Å²) in [4.78, 5) is -0.672. The highest BCUT2D eigenvalue weighted by Gasteiger charge is 2.40. The Labute approximate surface area is 158 Å². The van der Waals surface area contributed by atoms with Gasteiger partial charge in [-0.2, -0.15) is 18.3 Å². The molecule has 5 nitrogen and oxygen atoms in total. The molecule has 0 unspecified atom stereocenters. The average Bonchev–Trinajstić information content (AvgIpc) is 3.07. The number of aromatic nitrogens is 2. The Hall–Kier alpha value is -2.36. The number of halogens is 4. The van der Waals surface area contributed by atoms with E-state index >= 15 is 0 Å². The Kier molecular flexibility index (Phi) is 4.79. The Balaban J connectivity index is 2.49. The fraction of sp³-hybridized carbons (Fsp3) is 0.118. The Bertz CT molecular complexity index is 1090. The number of hydrogen-bond acceptors (Lipinski definition) is 3. The van der Waals surface area contributed by atoms with E-state index in [1.807, 2.05) is 0 Å². The van der Waals surface area contributed by atoms with Crippen LogP contribution in [0.25, 0.3) is 16.8 Å². The van der Waals surface area contributed by atoms with Crippen LogP contribution in [0, 0.1) is 6.92 Å². The fourth-order valence-corrected chi connectivity index (χ4v) is 3.74. The molecule has 3 rings (SSSR count). The molecule has 0 radical (unpaired) electrons. The Morgan fingerprint density at radius 3 is 2.30 bits per heavy atom. The van der Waals surface area contributed by atoms with Crippen molar-refractivity contribution in [2.75, 3.05) is 0 Å². The Morgan fingerprint density at radius 2 is 1.81 bits per heavy atom. The summed E-state index contributed by atoms with van der Waals surface area (Å²) >= 11 is 5.83. The second kappa shape index (κ2) is 6.66. The molecular formula is C17H13ClF3N3O2S. The minimum Gasteiger partial charge on any atom is -0.239 e. The number of sulfonamides is 1. The van der Waals surface area contributed by atoms with Crippen molar-refractivity contribution in [2.45, 2.75) is 18.0 Å². The third-order valence-electron chi connectivity index (χ3n) is 4.00. The molecule has 10 heteroatoms. The van der Waals surface area contributed by atoms with E-state index in [-0.39, 0.29) is 11.1 Å². The number of alkyl halides is 3. The van der Waals surface area contributed by atoms with Crippen LogP contribution in [0.5, 0.6) is 0 Å². The van der Waals surface area contributed by atoms with Crippen molar-refractivity contribution in [1.29, 1.82) is 0 Å². The lowest BCUT2D eigenvalue weighted by Gasteiger charge is -2.21. The fourth-order valence-electron chi connectivity index (χ4n) is 2.86. The minimum absolute atomic E-state index is 0.0823. The summed E-state index contributed by atoms with van der Waals surface area (Å²) in [5.41, 5.74) is -1.45. The smallest absolute Gasteiger partial charge is 0.239 e. The van der Waals surface area contributed by atoms with Crippen molar-refractivity contribution < 1.29 is 21.6 Å². The number of primary sulfonamides is 1. The SMILES string of the molecule is Cc1c(-c2ccc(Cl)cc2)cc(S(N)(=O)=O)c(-n2cccn2)c1C(F)(F)F. The van der Waals surface area contributed by atoms with E-state index in [0.29, 0.717) is 10.6 Å². The van der Waals surface area contributed by atoms with Crippen LogP contribution in [0.15, 0.2) is 53.7 Å². The monoisotopic (exact) mass is 415 g/mol. The molecule has 0 amide bonds. The maximum Gasteiger partial charge on any atom is 0.418 e. The molecule has 2 aromatic carbocycles. The van der Waals surface area contributed by atoms with E-state index in [2.05, 4.69) is 5.10 Å². The molecular weight excluding hydrogens is 403 g/mol. The molecule has 0 fully saturated rings. The molecule has 0 saturated heterocycles. The molecule has 27 heavy (non-hydrogen) atoms. The third-order valence-corrected chi connectivity index (χ3v) is 5.18. The average molecular weight is 416 g/mol. The van der Waals surface area contributed by atoms with E-state index < -0.39 is 32.3 Å². The Morgan fingerprint density at radius 1 is 1.19 bits per heavy atom. The van der Waals surface area contributed by atoms with Crippen molar-refractivity contribution in [3.8, 4) is 16.8 Å². The zero-order valence-electron chi connectivity index (χ0n) is 13.8. The third kappa shape index (κ3) is 3.71. The molecule has 1 heterocycles. The van der Waals surface area contributed by atoms with Crippen LogP contribution in [-0.2, 0) is 16.2 Å². The molecule has 1 aromatic heterocycles. The normalized spacial score (nSPS) is 12.4. The second-order valence-corrected chi connectivity index (χ2v) is 7.74. The van der Waals surface area contributed by atoms with Gasteiger partial charge in [-0.05, 0) is 47.9 Å². The molecule has 3 aromatic rings. The molecule has 0 aliphatic carbocycles. The maximum absolute atomic E-state index is 13.9. The van der Waals surface area contributed by atoms with Gasteiger partial charge in [0.25, 0.3) is 0 Å². The maximum atomic E-state index is 13.9. The molecule has 0 spiro atoms. The molecule has 0 bridgehead atoms. The van der Waals surface area contributed by atoms with Crippen LogP contribution in [0.3, 0.4) is 0 Å². The topological polar surface area (TPSA) is 78.0 Å². The number of benzene rings is 2.